The molecule has 156 valence electrons. The van der Waals surface area contributed by atoms with Crippen LogP contribution in [0.1, 0.15) is 46.0 Å². The summed E-state index contributed by atoms with van der Waals surface area (Å²) < 4.78 is 27.8. The van der Waals surface area contributed by atoms with Gasteiger partial charge < -0.3 is 4.90 Å². The highest BCUT2D eigenvalue weighted by molar-refractivity contribution is 7.89. The van der Waals surface area contributed by atoms with E-state index in [-0.39, 0.29) is 23.9 Å². The van der Waals surface area contributed by atoms with Gasteiger partial charge in [0.1, 0.15) is 0 Å². The van der Waals surface area contributed by atoms with Gasteiger partial charge in [-0.2, -0.15) is 4.31 Å². The average molecular weight is 415 g/mol. The Morgan fingerprint density at radius 3 is 2.17 bits per heavy atom. The van der Waals surface area contributed by atoms with Crippen LogP contribution in [0.2, 0.25) is 0 Å². The summed E-state index contributed by atoms with van der Waals surface area (Å²) in [4.78, 5) is 15.5. The Kier molecular flexibility index (Phi) is 5.67. The number of rotatable bonds is 3. The van der Waals surface area contributed by atoms with Crippen molar-refractivity contribution in [3.63, 3.8) is 0 Å². The predicted molar refractivity (Wildman–Crippen MR) is 115 cm³/mol. The number of fused-ring (bicyclic) bond motifs is 1. The molecule has 2 aromatic carbocycles. The molecule has 0 bridgehead atoms. The molecule has 0 spiro atoms. The minimum absolute atomic E-state index is 0.0685. The number of hydrogen-bond acceptors (Lipinski definition) is 3. The van der Waals surface area contributed by atoms with Crippen molar-refractivity contribution in [2.75, 3.05) is 13.1 Å². The van der Waals surface area contributed by atoms with Crippen LogP contribution in [0.3, 0.4) is 0 Å². The topological polar surface area (TPSA) is 57.7 Å². The van der Waals surface area contributed by atoms with Crippen LogP contribution in [0.5, 0.6) is 0 Å². The summed E-state index contributed by atoms with van der Waals surface area (Å²) in [5, 5.41) is 1.95. The van der Waals surface area contributed by atoms with Crippen LogP contribution in [0, 0.1) is 5.92 Å². The summed E-state index contributed by atoms with van der Waals surface area (Å²) in [7, 11) is -3.54. The molecule has 6 heteroatoms. The van der Waals surface area contributed by atoms with Crippen LogP contribution >= 0.6 is 0 Å². The van der Waals surface area contributed by atoms with Gasteiger partial charge in [0, 0.05) is 31.1 Å². The van der Waals surface area contributed by atoms with E-state index in [1.807, 2.05) is 30.3 Å². The lowest BCUT2D eigenvalue weighted by Crippen LogP contribution is -2.52. The van der Waals surface area contributed by atoms with E-state index in [4.69, 9.17) is 0 Å². The zero-order valence-corrected chi connectivity index (χ0v) is 18.1. The number of benzene rings is 2. The van der Waals surface area contributed by atoms with Gasteiger partial charge in [-0.05, 0) is 68.9 Å². The standard InChI is InChI=1S/C23H30N2O3S/c1-17-6-5-7-18(2)25(17)23(26)20-12-14-24(15-13-20)29(27,28)22-11-10-19-8-3-4-9-21(19)16-22/h3-4,8-11,16-18,20H,5-7,12-15H2,1-2H3/t17-,18+. The zero-order chi connectivity index (χ0) is 20.6. The highest BCUT2D eigenvalue weighted by Gasteiger charge is 2.37. The first kappa shape index (κ1) is 20.4. The third-order valence-corrected chi connectivity index (χ3v) is 8.50. The van der Waals surface area contributed by atoms with Crippen molar-refractivity contribution < 1.29 is 13.2 Å². The monoisotopic (exact) mass is 414 g/mol. The molecule has 5 nitrogen and oxygen atoms in total. The number of nitrogens with zero attached hydrogens (tertiary/aromatic N) is 2. The number of carbonyl (C=O) groups is 1. The SMILES string of the molecule is C[C@@H]1CCC[C@H](C)N1C(=O)C1CCN(S(=O)(=O)c2ccc3ccccc3c2)CC1. The van der Waals surface area contributed by atoms with Crippen molar-refractivity contribution in [3.8, 4) is 0 Å². The molecular weight excluding hydrogens is 384 g/mol. The van der Waals surface area contributed by atoms with Crippen LogP contribution in [-0.4, -0.2) is 48.7 Å². The van der Waals surface area contributed by atoms with E-state index in [0.717, 1.165) is 23.6 Å². The molecule has 2 heterocycles. The number of sulfonamides is 1. The first-order valence-corrected chi connectivity index (χ1v) is 12.1. The summed E-state index contributed by atoms with van der Waals surface area (Å²) in [5.74, 6) is 0.147. The predicted octanol–water partition coefficient (Wildman–Crippen LogP) is 4.03. The molecule has 1 amide bonds. The molecule has 0 aromatic heterocycles. The summed E-state index contributed by atoms with van der Waals surface area (Å²) in [5.41, 5.74) is 0. The molecule has 29 heavy (non-hydrogen) atoms. The second kappa shape index (κ2) is 8.07. The van der Waals surface area contributed by atoms with Crippen molar-refractivity contribution >= 4 is 26.7 Å². The lowest BCUT2D eigenvalue weighted by molar-refractivity contribution is -0.143. The van der Waals surface area contributed by atoms with E-state index in [1.54, 1.807) is 16.4 Å². The molecule has 2 saturated heterocycles. The highest BCUT2D eigenvalue weighted by atomic mass is 32.2. The van der Waals surface area contributed by atoms with Crippen molar-refractivity contribution in [3.05, 3.63) is 42.5 Å². The molecule has 0 aliphatic carbocycles. The van der Waals surface area contributed by atoms with Gasteiger partial charge in [-0.3, -0.25) is 4.79 Å². The fraction of sp³-hybridized carbons (Fsp3) is 0.522. The minimum Gasteiger partial charge on any atom is -0.337 e. The number of carbonyl (C=O) groups excluding carboxylic acids is 1. The van der Waals surface area contributed by atoms with Crippen LogP contribution in [-0.2, 0) is 14.8 Å². The minimum atomic E-state index is -3.54. The van der Waals surface area contributed by atoms with Crippen molar-refractivity contribution in [2.45, 2.75) is 62.9 Å². The Bertz CT molecular complexity index is 986. The largest absolute Gasteiger partial charge is 0.337 e. The third-order valence-electron chi connectivity index (χ3n) is 6.61. The summed E-state index contributed by atoms with van der Waals surface area (Å²) in [6.45, 7) is 5.07. The molecular formula is C23H30N2O3S. The third kappa shape index (κ3) is 3.92. The summed E-state index contributed by atoms with van der Waals surface area (Å²) >= 11 is 0. The Labute approximate surface area is 173 Å². The van der Waals surface area contributed by atoms with Gasteiger partial charge in [-0.15, -0.1) is 0 Å². The molecule has 2 atom stereocenters. The van der Waals surface area contributed by atoms with E-state index < -0.39 is 10.0 Å². The summed E-state index contributed by atoms with van der Waals surface area (Å²) in [6, 6.07) is 13.6. The molecule has 0 radical (unpaired) electrons. The number of amides is 1. The van der Waals surface area contributed by atoms with Crippen LogP contribution < -0.4 is 0 Å². The molecule has 2 aliphatic rings. The number of piperidine rings is 2. The molecule has 4 rings (SSSR count). The van der Waals surface area contributed by atoms with Gasteiger partial charge >= 0.3 is 0 Å². The van der Waals surface area contributed by atoms with Crippen molar-refractivity contribution in [1.82, 2.24) is 9.21 Å². The van der Waals surface area contributed by atoms with Gasteiger partial charge in [0.2, 0.25) is 15.9 Å². The fourth-order valence-electron chi connectivity index (χ4n) is 4.89. The first-order valence-electron chi connectivity index (χ1n) is 10.7. The van der Waals surface area contributed by atoms with E-state index in [2.05, 4.69) is 18.7 Å². The van der Waals surface area contributed by atoms with Gasteiger partial charge in [-0.1, -0.05) is 30.3 Å². The first-order chi connectivity index (χ1) is 13.9. The van der Waals surface area contributed by atoms with Gasteiger partial charge in [0.15, 0.2) is 0 Å². The van der Waals surface area contributed by atoms with Crippen LogP contribution in [0.25, 0.3) is 10.8 Å². The van der Waals surface area contributed by atoms with Crippen LogP contribution in [0.15, 0.2) is 47.4 Å². The van der Waals surface area contributed by atoms with Crippen molar-refractivity contribution in [1.29, 1.82) is 0 Å². The Balaban J connectivity index is 1.46. The second-order valence-corrected chi connectivity index (χ2v) is 10.5. The Morgan fingerprint density at radius 1 is 0.897 bits per heavy atom. The molecule has 0 N–H and O–H groups in total. The summed E-state index contributed by atoms with van der Waals surface area (Å²) in [6.07, 6.45) is 4.49. The quantitative estimate of drug-likeness (QED) is 0.762. The van der Waals surface area contributed by atoms with Crippen molar-refractivity contribution in [2.24, 2.45) is 5.92 Å². The second-order valence-electron chi connectivity index (χ2n) is 8.56. The van der Waals surface area contributed by atoms with Gasteiger partial charge in [0.05, 0.1) is 4.90 Å². The molecule has 2 aromatic rings. The van der Waals surface area contributed by atoms with E-state index in [1.165, 1.54) is 6.42 Å². The average Bonchev–Trinajstić information content (AvgIpc) is 2.73. The Morgan fingerprint density at radius 2 is 1.52 bits per heavy atom. The number of likely N-dealkylation sites (tertiary alicyclic amines) is 1. The van der Waals surface area contributed by atoms with Crippen LogP contribution in [0.4, 0.5) is 0 Å². The Hall–Kier alpha value is -1.92. The zero-order valence-electron chi connectivity index (χ0n) is 17.3. The fourth-order valence-corrected chi connectivity index (χ4v) is 6.39. The maximum Gasteiger partial charge on any atom is 0.243 e. The van der Waals surface area contributed by atoms with Gasteiger partial charge in [0.25, 0.3) is 0 Å². The van der Waals surface area contributed by atoms with E-state index in [0.29, 0.717) is 30.8 Å². The van der Waals surface area contributed by atoms with E-state index >= 15 is 0 Å². The lowest BCUT2D eigenvalue weighted by atomic mass is 9.91. The van der Waals surface area contributed by atoms with Gasteiger partial charge in [-0.25, -0.2) is 8.42 Å². The highest BCUT2D eigenvalue weighted by Crippen LogP contribution is 2.30. The normalized spacial score (nSPS) is 24.7. The lowest BCUT2D eigenvalue weighted by Gasteiger charge is -2.42. The molecule has 2 aliphatic heterocycles. The number of hydrogen-bond donors (Lipinski definition) is 0. The molecule has 2 fully saturated rings. The smallest absolute Gasteiger partial charge is 0.243 e. The maximum atomic E-state index is 13.1. The maximum absolute atomic E-state index is 13.1. The molecule has 0 saturated carbocycles. The molecule has 0 unspecified atom stereocenters. The van der Waals surface area contributed by atoms with E-state index in [9.17, 15) is 13.2 Å².